The predicted octanol–water partition coefficient (Wildman–Crippen LogP) is 29.5. The molecule has 15 aromatic rings. The summed E-state index contributed by atoms with van der Waals surface area (Å²) in [7, 11) is -9.33. The third kappa shape index (κ3) is 28.3. The molecule has 26 heteroatoms. The number of aromatic amines is 1. The molecule has 0 aliphatic rings. The Morgan fingerprint density at radius 3 is 0.855 bits per heavy atom. The van der Waals surface area contributed by atoms with E-state index in [4.69, 9.17) is 19.6 Å². The summed E-state index contributed by atoms with van der Waals surface area (Å²) in [6, 6.07) is 93.2. The Morgan fingerprint density at radius 1 is 0.352 bits per heavy atom. The van der Waals surface area contributed by atoms with Crippen LogP contribution in [0.2, 0.25) is 15.1 Å². The van der Waals surface area contributed by atoms with E-state index < -0.39 is 81.0 Å². The normalized spacial score (nSPS) is 12.8. The maximum atomic E-state index is 14.3. The van der Waals surface area contributed by atoms with Gasteiger partial charge in [0.05, 0.1) is 42.7 Å². The van der Waals surface area contributed by atoms with Crippen LogP contribution in [0.15, 0.2) is 305 Å². The van der Waals surface area contributed by atoms with E-state index in [1.807, 2.05) is 113 Å². The van der Waals surface area contributed by atoms with Crippen molar-refractivity contribution < 1.29 is 89.5 Å². The topological polar surface area (TPSA) is 92.0 Å². The monoisotopic (exact) mass is 2240 g/mol. The van der Waals surface area contributed by atoms with Gasteiger partial charge >= 0.3 is 48.1 Å². The Labute approximate surface area is 905 Å². The van der Waals surface area contributed by atoms with Gasteiger partial charge in [-0.3, -0.25) is 19.3 Å². The first-order valence-electron chi connectivity index (χ1n) is 49.8. The summed E-state index contributed by atoms with van der Waals surface area (Å²) < 4.78 is 161. The molecule has 0 saturated carbocycles. The average Bonchev–Trinajstić information content (AvgIpc) is 1.36. The summed E-state index contributed by atoms with van der Waals surface area (Å²) in [6.07, 6.45) is -6.30. The van der Waals surface area contributed by atoms with E-state index >= 15 is 0 Å². The number of aromatic nitrogens is 6. The Kier molecular flexibility index (Phi) is 39.4. The molecule has 0 spiro atoms. The van der Waals surface area contributed by atoms with E-state index in [1.165, 1.54) is 62.5 Å². The first-order valence-corrected chi connectivity index (χ1v) is 57.2. The maximum Gasteiger partial charge on any atom is 1.00 e. The van der Waals surface area contributed by atoms with Crippen molar-refractivity contribution in [3.05, 3.63) is 339 Å². The zero-order chi connectivity index (χ0) is 106. The largest absolute Gasteiger partial charge is 1.00 e. The van der Waals surface area contributed by atoms with Gasteiger partial charge in [0.15, 0.2) is 0 Å². The summed E-state index contributed by atoms with van der Waals surface area (Å²) >= 11 is 10.9. The number of benzene rings is 9. The molecular weight excluding hydrogens is 2100 g/mol. The van der Waals surface area contributed by atoms with E-state index in [1.54, 1.807) is 24.5 Å². The summed E-state index contributed by atoms with van der Waals surface area (Å²) in [5.74, 6) is 0.364. The van der Waals surface area contributed by atoms with Crippen molar-refractivity contribution in [2.45, 2.75) is 242 Å². The van der Waals surface area contributed by atoms with Crippen LogP contribution in [0.3, 0.4) is 0 Å². The number of halogens is 13. The summed E-state index contributed by atoms with van der Waals surface area (Å²) in [5.41, 5.74) is 11.9. The molecule has 15 rings (SSSR count). The van der Waals surface area contributed by atoms with Gasteiger partial charge in [0.1, 0.15) is 13.1 Å². The van der Waals surface area contributed by atoms with E-state index in [9.17, 15) is 43.9 Å². The molecule has 1 N–H and O–H groups in total. The van der Waals surface area contributed by atoms with Crippen LogP contribution in [-0.2, 0) is 45.6 Å². The number of hydrogen-bond acceptors (Lipinski definition) is 6. The fraction of sp³-hybridized carbons (Fsp3) is 0.370. The van der Waals surface area contributed by atoms with Crippen LogP contribution in [-0.4, -0.2) is 99.5 Å². The molecule has 0 atom stereocenters. The van der Waals surface area contributed by atoms with Crippen molar-refractivity contribution in [3.8, 4) is 33.8 Å². The van der Waals surface area contributed by atoms with Gasteiger partial charge in [-0.15, -0.1) is 0 Å². The summed E-state index contributed by atoms with van der Waals surface area (Å²) in [4.78, 5) is 17.9. The molecule has 0 fully saturated rings. The second-order valence-electron chi connectivity index (χ2n) is 43.7. The fourth-order valence-electron chi connectivity index (χ4n) is 20.1. The first kappa shape index (κ1) is 117. The molecule has 9 nitrogen and oxygen atoms in total. The van der Waals surface area contributed by atoms with Crippen molar-refractivity contribution in [2.75, 3.05) is 27.0 Å². The second kappa shape index (κ2) is 49.0. The van der Waals surface area contributed by atoms with E-state index in [-0.39, 0.29) is 63.3 Å². The Morgan fingerprint density at radius 2 is 0.600 bits per heavy atom. The molecule has 0 bridgehead atoms. The first-order chi connectivity index (χ1) is 68.0. The van der Waals surface area contributed by atoms with E-state index in [0.717, 1.165) is 82.4 Å². The zero-order valence-corrected chi connectivity index (χ0v) is 97.6. The Bertz CT molecular complexity index is 6370. The zero-order valence-electron chi connectivity index (χ0n) is 89.9. The minimum Gasteiger partial charge on any atom is -1.00 e. The smallest absolute Gasteiger partial charge is 1.00 e. The van der Waals surface area contributed by atoms with Gasteiger partial charge in [-0.1, -0.05) is 382 Å². The SMILES string of the molecule is CC(C)c1ncccc1-c1[nH]c2ccc(Br)cc2c1CC(C)(C)CO[Si](c1ccccc1)(c1ccccc1)C(C)(C)C.CC(C)c1ncccc1-c1c(CC(C)(C)CO[Si](c2ccccc2)(c2ccccc2)C(C)(C)C)c2cc(Br)ccc2n1CC(F)(F)F.CC(C)c1ncccc1-c1c(CC(C)(C)CO[Si](c2ccccc2)(c2ccccc2)C(C)(C)C)c2cc(Br)ccc2n1CC(F)(F)F.CCC(F)(F)F.[2H]CF.[H-].[Na+]. The van der Waals surface area contributed by atoms with Gasteiger partial charge < -0.3 is 28.8 Å². The Hall–Kier alpha value is -8.68. The molecule has 145 heavy (non-hydrogen) atoms. The van der Waals surface area contributed by atoms with E-state index in [2.05, 4.69) is 362 Å². The molecule has 0 amide bonds. The molecule has 768 valence electrons. The van der Waals surface area contributed by atoms with Gasteiger partial charge in [-0.05, 0) is 207 Å². The van der Waals surface area contributed by atoms with Crippen molar-refractivity contribution in [2.24, 2.45) is 16.2 Å². The standard InChI is InChI=1S/2C39H44BrF3N2OSi.C37H43BrN2OSi.C3H5F3.CH3F.Na.H/c2*1-27(2)35-31(19-14-22-44-35)36-33(32-23-28(40)20-21-34(32)45(36)25-39(41,42)43)24-38(6,7)26-46-47(37(3,4)5,29-15-10-8-11-16-29)30-17-12-9-13-18-30;1-26(2)34-30(19-14-22-39-34)35-32(31-23-27(38)20-21-33(31)40-35)24-37(6,7)25-41-42(36(3,4)5,28-15-10-8-11-16-28)29-17-12-9-13-18-29;1-2-3(4,5)6;1-2;;/h2*8-23,27H,24-26H2,1-7H3;8-23,26,40H,24-25H2,1-7H3;2H2,1H3;1H3;;/q;;;;;+1;-1/i;;;;1D;;. The molecule has 6 heterocycles. The van der Waals surface area contributed by atoms with Crippen LogP contribution in [0.1, 0.15) is 213 Å². The summed E-state index contributed by atoms with van der Waals surface area (Å²) in [5, 5.41) is 9.78. The van der Waals surface area contributed by atoms with Gasteiger partial charge in [-0.25, -0.2) is 0 Å². The van der Waals surface area contributed by atoms with Crippen LogP contribution in [0.4, 0.5) is 43.9 Å². The summed E-state index contributed by atoms with van der Waals surface area (Å²) in [6.45, 7) is 46.8. The number of fused-ring (bicyclic) bond motifs is 3. The fourth-order valence-corrected chi connectivity index (χ4v) is 35.5. The van der Waals surface area contributed by atoms with E-state index in [0.29, 0.717) is 61.0 Å². The Balaban J connectivity index is 0.000000234. The third-order valence-electron chi connectivity index (χ3n) is 26.4. The van der Waals surface area contributed by atoms with Gasteiger partial charge in [0.2, 0.25) is 0 Å². The number of nitrogens with zero attached hydrogens (tertiary/aromatic N) is 5. The maximum absolute atomic E-state index is 14.3. The van der Waals surface area contributed by atoms with Crippen molar-refractivity contribution in [1.82, 2.24) is 29.1 Å². The van der Waals surface area contributed by atoms with Gasteiger partial charge in [0.25, 0.3) is 25.0 Å². The minimum atomic E-state index is -4.41. The minimum absolute atomic E-state index is 0. The molecule has 0 aliphatic heterocycles. The molecule has 0 saturated heterocycles. The van der Waals surface area contributed by atoms with Crippen molar-refractivity contribution in [1.29, 1.82) is 0 Å². The van der Waals surface area contributed by atoms with Crippen LogP contribution in [0.5, 0.6) is 0 Å². The molecule has 0 radical (unpaired) electrons. The van der Waals surface area contributed by atoms with Crippen LogP contribution in [0, 0.1) is 16.2 Å². The number of nitrogens with one attached hydrogen (secondary N) is 1. The molecule has 9 aromatic carbocycles. The van der Waals surface area contributed by atoms with Gasteiger partial charge in [-0.2, -0.15) is 39.5 Å². The van der Waals surface area contributed by atoms with Gasteiger partial charge in [0, 0.05) is 108 Å². The van der Waals surface area contributed by atoms with Crippen molar-refractivity contribution >= 4 is 137 Å². The van der Waals surface area contributed by atoms with Crippen LogP contribution in [0.25, 0.3) is 66.5 Å². The average molecular weight is 2240 g/mol. The second-order valence-corrected chi connectivity index (χ2v) is 59.3. The molecule has 6 aromatic heterocycles. The quantitative estimate of drug-likeness (QED) is 0.0371. The molecule has 0 unspecified atom stereocenters. The molecule has 0 aliphatic carbocycles. The molecular formula is C119H140Br3F10N6NaO3Si3. The van der Waals surface area contributed by atoms with Crippen LogP contribution < -0.4 is 60.7 Å². The number of alkyl halides is 10. The van der Waals surface area contributed by atoms with Crippen LogP contribution >= 0.6 is 47.8 Å². The predicted molar refractivity (Wildman–Crippen MR) is 597 cm³/mol. The van der Waals surface area contributed by atoms with Crippen molar-refractivity contribution in [3.63, 3.8) is 0 Å². The number of pyridine rings is 3. The number of rotatable bonds is 29. The number of H-pyrrole nitrogens is 1. The third-order valence-corrected chi connectivity index (χ3v) is 42.8. The number of hydrogen-bond donors (Lipinski definition) is 1.